The highest BCUT2D eigenvalue weighted by molar-refractivity contribution is 5.88. The van der Waals surface area contributed by atoms with Gasteiger partial charge in [0.1, 0.15) is 6.04 Å². The van der Waals surface area contributed by atoms with Crippen LogP contribution in [0, 0.1) is 13.8 Å². The van der Waals surface area contributed by atoms with Crippen molar-refractivity contribution in [1.82, 2.24) is 15.1 Å². The normalized spacial score (nSPS) is 14.1. The molecule has 2 N–H and O–H groups in total. The summed E-state index contributed by atoms with van der Waals surface area (Å²) in [6.45, 7) is 6.92. The van der Waals surface area contributed by atoms with Crippen molar-refractivity contribution < 1.29 is 14.7 Å². The Hall–Kier alpha value is -1.85. The molecule has 2 unspecified atom stereocenters. The van der Waals surface area contributed by atoms with Crippen molar-refractivity contribution in [1.29, 1.82) is 0 Å². The molecule has 0 spiro atoms. The number of carbonyl (C=O) groups excluding carboxylic acids is 1. The van der Waals surface area contributed by atoms with E-state index in [9.17, 15) is 9.59 Å². The van der Waals surface area contributed by atoms with E-state index in [0.717, 1.165) is 17.0 Å². The number of carboxylic acids is 1. The molecule has 1 amide bonds. The largest absolute Gasteiger partial charge is 0.480 e. The fraction of sp³-hybridized carbons (Fsp3) is 0.583. The molecule has 6 heteroatoms. The number of hydrogen-bond donors (Lipinski definition) is 2. The maximum Gasteiger partial charge on any atom is 0.325 e. The van der Waals surface area contributed by atoms with Gasteiger partial charge in [0, 0.05) is 18.3 Å². The summed E-state index contributed by atoms with van der Waals surface area (Å²) in [6, 6.07) is -0.891. The van der Waals surface area contributed by atoms with E-state index >= 15 is 0 Å². The lowest BCUT2D eigenvalue weighted by Gasteiger charge is -2.15. The van der Waals surface area contributed by atoms with Crippen LogP contribution >= 0.6 is 0 Å². The summed E-state index contributed by atoms with van der Waals surface area (Å²) in [6.07, 6.45) is 0. The summed E-state index contributed by atoms with van der Waals surface area (Å²) in [5.41, 5.74) is 2.56. The molecule has 0 radical (unpaired) electrons. The molecule has 1 aromatic rings. The quantitative estimate of drug-likeness (QED) is 0.828. The summed E-state index contributed by atoms with van der Waals surface area (Å²) in [5.74, 6) is -1.76. The van der Waals surface area contributed by atoms with E-state index < -0.39 is 17.9 Å². The van der Waals surface area contributed by atoms with Crippen LogP contribution in [-0.2, 0) is 16.6 Å². The van der Waals surface area contributed by atoms with Crippen molar-refractivity contribution in [3.8, 4) is 0 Å². The van der Waals surface area contributed by atoms with Crippen molar-refractivity contribution in [2.75, 3.05) is 0 Å². The van der Waals surface area contributed by atoms with Crippen LogP contribution in [0.5, 0.6) is 0 Å². The van der Waals surface area contributed by atoms with Gasteiger partial charge in [-0.2, -0.15) is 5.10 Å². The molecule has 0 saturated carbocycles. The average molecular weight is 253 g/mol. The summed E-state index contributed by atoms with van der Waals surface area (Å²) in [5, 5.41) is 15.5. The SMILES string of the molecule is Cc1nn(C)c(C)c1C(C)C(=O)NC(C)C(=O)O. The Balaban J connectivity index is 2.90. The molecule has 0 aliphatic heterocycles. The first-order valence-electron chi connectivity index (χ1n) is 5.79. The Morgan fingerprint density at radius 2 is 1.89 bits per heavy atom. The summed E-state index contributed by atoms with van der Waals surface area (Å²) in [4.78, 5) is 22.7. The zero-order valence-corrected chi connectivity index (χ0v) is 11.3. The first kappa shape index (κ1) is 14.2. The van der Waals surface area contributed by atoms with Crippen molar-refractivity contribution in [3.05, 3.63) is 17.0 Å². The van der Waals surface area contributed by atoms with E-state index in [2.05, 4.69) is 10.4 Å². The molecule has 18 heavy (non-hydrogen) atoms. The second-order valence-corrected chi connectivity index (χ2v) is 4.50. The molecular formula is C12H19N3O3. The van der Waals surface area contributed by atoms with E-state index in [-0.39, 0.29) is 5.91 Å². The van der Waals surface area contributed by atoms with Crippen LogP contribution in [0.25, 0.3) is 0 Å². The maximum absolute atomic E-state index is 12.0. The minimum atomic E-state index is -1.05. The Kier molecular flexibility index (Phi) is 4.11. The molecule has 2 atom stereocenters. The number of aliphatic carboxylic acids is 1. The van der Waals surface area contributed by atoms with Gasteiger partial charge in [0.15, 0.2) is 0 Å². The van der Waals surface area contributed by atoms with E-state index in [4.69, 9.17) is 5.11 Å². The highest BCUT2D eigenvalue weighted by atomic mass is 16.4. The first-order valence-corrected chi connectivity index (χ1v) is 5.79. The number of aryl methyl sites for hydroxylation is 2. The fourth-order valence-corrected chi connectivity index (χ4v) is 1.95. The van der Waals surface area contributed by atoms with Crippen LogP contribution in [0.15, 0.2) is 0 Å². The Morgan fingerprint density at radius 1 is 1.33 bits per heavy atom. The molecule has 0 aliphatic rings. The van der Waals surface area contributed by atoms with Crippen molar-refractivity contribution >= 4 is 11.9 Å². The number of carboxylic acid groups (broad SMARTS) is 1. The molecule has 1 heterocycles. The highest BCUT2D eigenvalue weighted by Crippen LogP contribution is 2.22. The molecule has 0 aliphatic carbocycles. The summed E-state index contributed by atoms with van der Waals surface area (Å²) >= 11 is 0. The third-order valence-electron chi connectivity index (χ3n) is 3.12. The number of carbonyl (C=O) groups is 2. The van der Waals surface area contributed by atoms with Crippen LogP contribution in [0.3, 0.4) is 0 Å². The monoisotopic (exact) mass is 253 g/mol. The van der Waals surface area contributed by atoms with Gasteiger partial charge < -0.3 is 10.4 Å². The zero-order chi connectivity index (χ0) is 14.0. The van der Waals surface area contributed by atoms with Crippen molar-refractivity contribution in [2.45, 2.75) is 39.7 Å². The van der Waals surface area contributed by atoms with Gasteiger partial charge in [-0.1, -0.05) is 0 Å². The molecule has 100 valence electrons. The number of nitrogens with zero attached hydrogens (tertiary/aromatic N) is 2. The lowest BCUT2D eigenvalue weighted by molar-refractivity contribution is -0.141. The minimum Gasteiger partial charge on any atom is -0.480 e. The van der Waals surface area contributed by atoms with Crippen LogP contribution in [0.1, 0.15) is 36.7 Å². The van der Waals surface area contributed by atoms with E-state index in [1.54, 1.807) is 11.6 Å². The molecule has 0 fully saturated rings. The predicted octanol–water partition coefficient (Wildman–Crippen LogP) is 0.730. The number of hydrogen-bond acceptors (Lipinski definition) is 3. The number of nitrogens with one attached hydrogen (secondary N) is 1. The standard InChI is InChI=1S/C12H19N3O3/c1-6(11(16)13-8(3)12(17)18)10-7(2)14-15(5)9(10)4/h6,8H,1-5H3,(H,13,16)(H,17,18). The van der Waals surface area contributed by atoms with E-state index in [1.807, 2.05) is 20.9 Å². The molecule has 0 saturated heterocycles. The predicted molar refractivity (Wildman–Crippen MR) is 66.3 cm³/mol. The molecule has 1 rings (SSSR count). The van der Waals surface area contributed by atoms with Gasteiger partial charge in [-0.05, 0) is 27.7 Å². The van der Waals surface area contributed by atoms with Gasteiger partial charge in [0.05, 0.1) is 11.6 Å². The number of amides is 1. The first-order chi connectivity index (χ1) is 8.25. The van der Waals surface area contributed by atoms with Gasteiger partial charge >= 0.3 is 5.97 Å². The highest BCUT2D eigenvalue weighted by Gasteiger charge is 2.24. The van der Waals surface area contributed by atoms with E-state index in [0.29, 0.717) is 0 Å². The van der Waals surface area contributed by atoms with Gasteiger partial charge in [-0.25, -0.2) is 0 Å². The zero-order valence-electron chi connectivity index (χ0n) is 11.3. The average Bonchev–Trinajstić information content (AvgIpc) is 2.52. The molecular weight excluding hydrogens is 234 g/mol. The van der Waals surface area contributed by atoms with Crippen LogP contribution in [0.2, 0.25) is 0 Å². The van der Waals surface area contributed by atoms with Gasteiger partial charge in [-0.3, -0.25) is 14.3 Å². The van der Waals surface area contributed by atoms with Crippen molar-refractivity contribution in [3.63, 3.8) is 0 Å². The summed E-state index contributed by atoms with van der Waals surface area (Å²) in [7, 11) is 1.82. The maximum atomic E-state index is 12.0. The van der Waals surface area contributed by atoms with Crippen molar-refractivity contribution in [2.24, 2.45) is 7.05 Å². The second kappa shape index (κ2) is 5.20. The van der Waals surface area contributed by atoms with Gasteiger partial charge in [0.2, 0.25) is 5.91 Å². The Labute approximate surface area is 106 Å². The van der Waals surface area contributed by atoms with Crippen LogP contribution < -0.4 is 5.32 Å². The molecule has 1 aromatic heterocycles. The van der Waals surface area contributed by atoms with E-state index in [1.165, 1.54) is 6.92 Å². The lowest BCUT2D eigenvalue weighted by Crippen LogP contribution is -2.40. The van der Waals surface area contributed by atoms with Gasteiger partial charge in [-0.15, -0.1) is 0 Å². The number of aromatic nitrogens is 2. The third kappa shape index (κ3) is 2.69. The second-order valence-electron chi connectivity index (χ2n) is 4.50. The smallest absolute Gasteiger partial charge is 0.325 e. The molecule has 6 nitrogen and oxygen atoms in total. The third-order valence-corrected chi connectivity index (χ3v) is 3.12. The molecule has 0 bridgehead atoms. The number of rotatable bonds is 4. The minimum absolute atomic E-state index is 0.302. The summed E-state index contributed by atoms with van der Waals surface area (Å²) < 4.78 is 1.72. The lowest BCUT2D eigenvalue weighted by atomic mass is 9.98. The molecule has 0 aromatic carbocycles. The van der Waals surface area contributed by atoms with Gasteiger partial charge in [0.25, 0.3) is 0 Å². The topological polar surface area (TPSA) is 84.2 Å². The Morgan fingerprint density at radius 3 is 2.28 bits per heavy atom. The van der Waals surface area contributed by atoms with Crippen LogP contribution in [-0.4, -0.2) is 32.8 Å². The fourth-order valence-electron chi connectivity index (χ4n) is 1.95. The Bertz CT molecular complexity index is 479. The van der Waals surface area contributed by atoms with Crippen LogP contribution in [0.4, 0.5) is 0 Å².